The van der Waals surface area contributed by atoms with Gasteiger partial charge in [0.25, 0.3) is 0 Å². The monoisotopic (exact) mass is 207 g/mol. The summed E-state index contributed by atoms with van der Waals surface area (Å²) in [6.45, 7) is 5.15. The largest absolute Gasteiger partial charge is 0.493 e. The highest BCUT2D eigenvalue weighted by Gasteiger charge is 2.11. The first-order chi connectivity index (χ1) is 7.13. The lowest BCUT2D eigenvalue weighted by Gasteiger charge is -2.08. The molecule has 0 radical (unpaired) electrons. The minimum Gasteiger partial charge on any atom is -0.493 e. The van der Waals surface area contributed by atoms with Crippen LogP contribution in [0.15, 0.2) is 29.3 Å². The summed E-state index contributed by atoms with van der Waals surface area (Å²) >= 11 is 0. The second kappa shape index (κ2) is 5.14. The molecule has 0 aromatic heterocycles. The minimum absolute atomic E-state index is 0.163. The number of aliphatic carboxylic acids is 1. The minimum atomic E-state index is -0.862. The molecule has 0 aliphatic rings. The molecule has 1 rings (SSSR count). The Balaban J connectivity index is 2.51. The average Bonchev–Trinajstić information content (AvgIpc) is 2.26. The second-order valence-corrected chi connectivity index (χ2v) is 3.20. The van der Waals surface area contributed by atoms with Gasteiger partial charge in [0.2, 0.25) is 0 Å². The fourth-order valence-corrected chi connectivity index (χ4v) is 0.940. The van der Waals surface area contributed by atoms with Crippen LogP contribution in [0.25, 0.3) is 0 Å². The van der Waals surface area contributed by atoms with Crippen molar-refractivity contribution >= 4 is 18.4 Å². The van der Waals surface area contributed by atoms with E-state index in [1.54, 1.807) is 31.2 Å². The first kappa shape index (κ1) is 11.2. The molecule has 0 saturated heterocycles. The summed E-state index contributed by atoms with van der Waals surface area (Å²) in [4.78, 5) is 14.3. The summed E-state index contributed by atoms with van der Waals surface area (Å²) in [5.74, 6) is -0.739. The van der Waals surface area contributed by atoms with Gasteiger partial charge in [-0.15, -0.1) is 0 Å². The van der Waals surface area contributed by atoms with Crippen molar-refractivity contribution in [3.05, 3.63) is 24.3 Å². The molecule has 15 heavy (non-hydrogen) atoms. The van der Waals surface area contributed by atoms with Crippen molar-refractivity contribution in [2.45, 2.75) is 6.92 Å². The number of carboxylic acids is 1. The van der Waals surface area contributed by atoms with E-state index >= 15 is 0 Å². The maximum absolute atomic E-state index is 10.5. The number of carboxylic acid groups (broad SMARTS) is 1. The highest BCUT2D eigenvalue weighted by molar-refractivity contribution is 5.69. The van der Waals surface area contributed by atoms with Crippen LogP contribution in [0.1, 0.15) is 6.92 Å². The van der Waals surface area contributed by atoms with Crippen LogP contribution in [0, 0.1) is 5.92 Å². The van der Waals surface area contributed by atoms with Crippen LogP contribution < -0.4 is 4.74 Å². The van der Waals surface area contributed by atoms with Crippen molar-refractivity contribution in [2.75, 3.05) is 6.61 Å². The van der Waals surface area contributed by atoms with Gasteiger partial charge in [0.15, 0.2) is 0 Å². The molecule has 0 amide bonds. The number of aliphatic imine (C=N–C) groups is 1. The maximum atomic E-state index is 10.5. The van der Waals surface area contributed by atoms with Gasteiger partial charge in [-0.25, -0.2) is 0 Å². The van der Waals surface area contributed by atoms with Crippen LogP contribution >= 0.6 is 0 Å². The Hall–Kier alpha value is -1.84. The van der Waals surface area contributed by atoms with Gasteiger partial charge >= 0.3 is 5.97 Å². The molecular formula is C11H13NO3. The first-order valence-electron chi connectivity index (χ1n) is 4.56. The van der Waals surface area contributed by atoms with E-state index in [9.17, 15) is 4.79 Å². The van der Waals surface area contributed by atoms with Crippen molar-refractivity contribution in [3.63, 3.8) is 0 Å². The Kier molecular flexibility index (Phi) is 3.85. The van der Waals surface area contributed by atoms with Gasteiger partial charge in [-0.1, -0.05) is 0 Å². The molecule has 0 heterocycles. The maximum Gasteiger partial charge on any atom is 0.309 e. The fraction of sp³-hybridized carbons (Fsp3) is 0.273. The van der Waals surface area contributed by atoms with Gasteiger partial charge in [0.05, 0.1) is 11.6 Å². The summed E-state index contributed by atoms with van der Waals surface area (Å²) in [5.41, 5.74) is 0.758. The number of hydrogen-bond donors (Lipinski definition) is 1. The number of nitrogens with zero attached hydrogens (tertiary/aromatic N) is 1. The predicted octanol–water partition coefficient (Wildman–Crippen LogP) is 2.12. The number of benzene rings is 1. The van der Waals surface area contributed by atoms with Crippen LogP contribution in [-0.2, 0) is 4.79 Å². The molecule has 1 unspecified atom stereocenters. The van der Waals surface area contributed by atoms with Crippen molar-refractivity contribution in [1.82, 2.24) is 0 Å². The van der Waals surface area contributed by atoms with Crippen LogP contribution in [0.3, 0.4) is 0 Å². The molecule has 1 aromatic carbocycles. The van der Waals surface area contributed by atoms with E-state index < -0.39 is 11.9 Å². The Bertz CT molecular complexity index is 345. The number of hydrogen-bond acceptors (Lipinski definition) is 3. The highest BCUT2D eigenvalue weighted by atomic mass is 16.5. The smallest absolute Gasteiger partial charge is 0.309 e. The van der Waals surface area contributed by atoms with E-state index in [-0.39, 0.29) is 6.61 Å². The fourth-order valence-electron chi connectivity index (χ4n) is 0.940. The van der Waals surface area contributed by atoms with Gasteiger partial charge in [0.1, 0.15) is 12.4 Å². The molecule has 1 aromatic rings. The lowest BCUT2D eigenvalue weighted by molar-refractivity contribution is -0.142. The Morgan fingerprint density at radius 3 is 2.60 bits per heavy atom. The van der Waals surface area contributed by atoms with Crippen LogP contribution in [0.4, 0.5) is 5.69 Å². The number of ether oxygens (including phenoxy) is 1. The van der Waals surface area contributed by atoms with Crippen LogP contribution in [0.5, 0.6) is 5.75 Å². The molecule has 0 aliphatic heterocycles. The summed E-state index contributed by atoms with van der Waals surface area (Å²) in [5, 5.41) is 8.64. The molecule has 1 atom stereocenters. The van der Waals surface area contributed by atoms with Crippen molar-refractivity contribution in [3.8, 4) is 5.75 Å². The van der Waals surface area contributed by atoms with E-state index in [4.69, 9.17) is 9.84 Å². The highest BCUT2D eigenvalue weighted by Crippen LogP contribution is 2.17. The van der Waals surface area contributed by atoms with Crippen molar-refractivity contribution in [1.29, 1.82) is 0 Å². The normalized spacial score (nSPS) is 11.8. The molecule has 0 saturated carbocycles. The second-order valence-electron chi connectivity index (χ2n) is 3.20. The third-order valence-corrected chi connectivity index (χ3v) is 1.94. The van der Waals surface area contributed by atoms with Gasteiger partial charge in [0, 0.05) is 0 Å². The first-order valence-corrected chi connectivity index (χ1v) is 4.56. The third kappa shape index (κ3) is 3.42. The lowest BCUT2D eigenvalue weighted by Crippen LogP contribution is -2.17. The quantitative estimate of drug-likeness (QED) is 0.752. The zero-order valence-electron chi connectivity index (χ0n) is 8.51. The zero-order chi connectivity index (χ0) is 11.3. The zero-order valence-corrected chi connectivity index (χ0v) is 8.51. The molecular weight excluding hydrogens is 194 g/mol. The summed E-state index contributed by atoms with van der Waals surface area (Å²) in [6, 6.07) is 6.98. The van der Waals surface area contributed by atoms with Gasteiger partial charge in [-0.05, 0) is 37.9 Å². The number of rotatable bonds is 5. The van der Waals surface area contributed by atoms with Gasteiger partial charge < -0.3 is 9.84 Å². The Morgan fingerprint density at radius 2 is 2.13 bits per heavy atom. The summed E-state index contributed by atoms with van der Waals surface area (Å²) < 4.78 is 5.29. The Morgan fingerprint density at radius 1 is 1.53 bits per heavy atom. The van der Waals surface area contributed by atoms with E-state index in [0.717, 1.165) is 5.69 Å². The standard InChI is InChI=1S/C11H13NO3/c1-8(11(13)14)7-15-10-5-3-9(12-2)4-6-10/h3-6,8H,2,7H2,1H3,(H,13,14). The van der Waals surface area contributed by atoms with Gasteiger partial charge in [-0.2, -0.15) is 0 Å². The molecule has 1 N–H and O–H groups in total. The molecule has 0 aliphatic carbocycles. The summed E-state index contributed by atoms with van der Waals surface area (Å²) in [7, 11) is 0. The molecule has 0 spiro atoms. The van der Waals surface area contributed by atoms with Gasteiger partial charge in [-0.3, -0.25) is 9.79 Å². The topological polar surface area (TPSA) is 58.9 Å². The molecule has 0 fully saturated rings. The number of carbonyl (C=O) groups is 1. The van der Waals surface area contributed by atoms with E-state index in [0.29, 0.717) is 5.75 Å². The van der Waals surface area contributed by atoms with Crippen LogP contribution in [0.2, 0.25) is 0 Å². The van der Waals surface area contributed by atoms with E-state index in [1.807, 2.05) is 0 Å². The van der Waals surface area contributed by atoms with E-state index in [2.05, 4.69) is 11.7 Å². The molecule has 80 valence electrons. The van der Waals surface area contributed by atoms with E-state index in [1.165, 1.54) is 0 Å². The SMILES string of the molecule is C=Nc1ccc(OCC(C)C(=O)O)cc1. The van der Waals surface area contributed by atoms with Crippen molar-refractivity contribution < 1.29 is 14.6 Å². The van der Waals surface area contributed by atoms with Crippen LogP contribution in [-0.4, -0.2) is 24.4 Å². The lowest BCUT2D eigenvalue weighted by atomic mass is 10.2. The molecule has 4 nitrogen and oxygen atoms in total. The predicted molar refractivity (Wildman–Crippen MR) is 57.9 cm³/mol. The Labute approximate surface area is 88.2 Å². The van der Waals surface area contributed by atoms with Crippen molar-refractivity contribution in [2.24, 2.45) is 10.9 Å². The third-order valence-electron chi connectivity index (χ3n) is 1.94. The molecule has 0 bridgehead atoms. The average molecular weight is 207 g/mol. The molecule has 4 heteroatoms. The summed E-state index contributed by atoms with van der Waals surface area (Å²) in [6.07, 6.45) is 0.